The lowest BCUT2D eigenvalue weighted by Gasteiger charge is -2.26. The highest BCUT2D eigenvalue weighted by Gasteiger charge is 2.16. The maximum atomic E-state index is 3.54. The molecule has 0 aromatic carbocycles. The summed E-state index contributed by atoms with van der Waals surface area (Å²) in [6, 6.07) is 5.06. The van der Waals surface area contributed by atoms with E-state index in [4.69, 9.17) is 0 Å². The van der Waals surface area contributed by atoms with Crippen LogP contribution in [-0.2, 0) is 13.6 Å². The minimum absolute atomic E-state index is 0.792. The van der Waals surface area contributed by atoms with E-state index in [0.717, 1.165) is 12.6 Å². The first kappa shape index (κ1) is 7.87. The van der Waals surface area contributed by atoms with Gasteiger partial charge in [0, 0.05) is 31.5 Å². The number of aromatic nitrogens is 1. The van der Waals surface area contributed by atoms with Crippen LogP contribution >= 0.6 is 0 Å². The first-order valence-electron chi connectivity index (χ1n) is 4.70. The van der Waals surface area contributed by atoms with Gasteiger partial charge in [-0.25, -0.2) is 0 Å². The summed E-state index contributed by atoms with van der Waals surface area (Å²) in [5.41, 5.74) is 1.38. The third-order valence-electron chi connectivity index (χ3n) is 2.73. The van der Waals surface area contributed by atoms with Crippen molar-refractivity contribution in [1.82, 2.24) is 9.88 Å². The predicted molar refractivity (Wildman–Crippen MR) is 49.9 cm³/mol. The van der Waals surface area contributed by atoms with E-state index in [9.17, 15) is 0 Å². The van der Waals surface area contributed by atoms with Gasteiger partial charge in [-0.3, -0.25) is 0 Å². The molecule has 1 N–H and O–H groups in total. The maximum absolute atomic E-state index is 3.54. The molecule has 0 radical (unpaired) electrons. The highest BCUT2D eigenvalue weighted by Crippen LogP contribution is 2.18. The Bertz CT molecular complexity index is 248. The number of hydrogen-bond acceptors (Lipinski definition) is 1. The van der Waals surface area contributed by atoms with Gasteiger partial charge >= 0.3 is 0 Å². The second-order valence-electron chi connectivity index (χ2n) is 3.62. The van der Waals surface area contributed by atoms with Crippen LogP contribution in [0.15, 0.2) is 18.3 Å². The van der Waals surface area contributed by atoms with Crippen molar-refractivity contribution in [2.45, 2.75) is 31.8 Å². The van der Waals surface area contributed by atoms with Crippen molar-refractivity contribution in [2.75, 3.05) is 0 Å². The summed E-state index contributed by atoms with van der Waals surface area (Å²) in [4.78, 5) is 0. The molecular weight excluding hydrogens is 148 g/mol. The van der Waals surface area contributed by atoms with Gasteiger partial charge in [0.05, 0.1) is 0 Å². The van der Waals surface area contributed by atoms with Gasteiger partial charge in [-0.15, -0.1) is 0 Å². The molecule has 12 heavy (non-hydrogen) atoms. The van der Waals surface area contributed by atoms with E-state index in [0.29, 0.717) is 0 Å². The lowest BCUT2D eigenvalue weighted by Crippen LogP contribution is -2.34. The van der Waals surface area contributed by atoms with Gasteiger partial charge in [0.2, 0.25) is 0 Å². The summed E-state index contributed by atoms with van der Waals surface area (Å²) in [6.45, 7) is 1.02. The predicted octanol–water partition coefficient (Wildman–Crippen LogP) is 1.67. The first-order valence-corrected chi connectivity index (χ1v) is 4.70. The number of hydrogen-bond donors (Lipinski definition) is 1. The Morgan fingerprint density at radius 2 is 2.42 bits per heavy atom. The zero-order valence-corrected chi connectivity index (χ0v) is 7.59. The summed E-state index contributed by atoms with van der Waals surface area (Å²) in [5.74, 6) is 0. The summed E-state index contributed by atoms with van der Waals surface area (Å²) < 4.78 is 2.17. The van der Waals surface area contributed by atoms with Crippen LogP contribution < -0.4 is 5.32 Å². The summed E-state index contributed by atoms with van der Waals surface area (Å²) >= 11 is 0. The van der Waals surface area contributed by atoms with Crippen molar-refractivity contribution in [3.8, 4) is 0 Å². The van der Waals surface area contributed by atoms with Gasteiger partial charge in [-0.1, -0.05) is 6.42 Å². The van der Waals surface area contributed by atoms with Gasteiger partial charge < -0.3 is 9.88 Å². The van der Waals surface area contributed by atoms with E-state index >= 15 is 0 Å². The first-order chi connectivity index (χ1) is 5.86. The van der Waals surface area contributed by atoms with E-state index in [2.05, 4.69) is 35.3 Å². The summed E-state index contributed by atoms with van der Waals surface area (Å²) in [5, 5.41) is 3.54. The Morgan fingerprint density at radius 3 is 2.92 bits per heavy atom. The second kappa shape index (κ2) is 3.31. The molecule has 0 unspecified atom stereocenters. The van der Waals surface area contributed by atoms with Gasteiger partial charge in [0.1, 0.15) is 0 Å². The van der Waals surface area contributed by atoms with Crippen molar-refractivity contribution in [3.05, 3.63) is 24.0 Å². The highest BCUT2D eigenvalue weighted by atomic mass is 15.0. The summed E-state index contributed by atoms with van der Waals surface area (Å²) in [6.07, 6.45) is 6.23. The fourth-order valence-corrected chi connectivity index (χ4v) is 1.54. The third kappa shape index (κ3) is 1.53. The molecule has 1 heterocycles. The van der Waals surface area contributed by atoms with Gasteiger partial charge in [-0.05, 0) is 25.0 Å². The lowest BCUT2D eigenvalue weighted by molar-refractivity contribution is 0.335. The van der Waals surface area contributed by atoms with Gasteiger partial charge in [0.25, 0.3) is 0 Å². The molecule has 0 spiro atoms. The quantitative estimate of drug-likeness (QED) is 0.719. The molecule has 1 saturated carbocycles. The largest absolute Gasteiger partial charge is 0.353 e. The van der Waals surface area contributed by atoms with Crippen molar-refractivity contribution < 1.29 is 0 Å². The fraction of sp³-hybridized carbons (Fsp3) is 0.600. The molecule has 1 aromatic rings. The van der Waals surface area contributed by atoms with Crippen LogP contribution in [0.3, 0.4) is 0 Å². The van der Waals surface area contributed by atoms with Crippen molar-refractivity contribution >= 4 is 0 Å². The van der Waals surface area contributed by atoms with E-state index in [1.807, 2.05) is 0 Å². The monoisotopic (exact) mass is 164 g/mol. The van der Waals surface area contributed by atoms with Gasteiger partial charge in [-0.2, -0.15) is 0 Å². The molecule has 1 aromatic heterocycles. The van der Waals surface area contributed by atoms with Crippen molar-refractivity contribution in [2.24, 2.45) is 7.05 Å². The van der Waals surface area contributed by atoms with Crippen LogP contribution in [0, 0.1) is 0 Å². The molecule has 0 saturated heterocycles. The van der Waals surface area contributed by atoms with Gasteiger partial charge in [0.15, 0.2) is 0 Å². The Hall–Kier alpha value is -0.760. The normalized spacial score (nSPS) is 17.8. The van der Waals surface area contributed by atoms with Crippen molar-refractivity contribution in [3.63, 3.8) is 0 Å². The smallest absolute Gasteiger partial charge is 0.0361 e. The van der Waals surface area contributed by atoms with Crippen LogP contribution in [0.5, 0.6) is 0 Å². The average Bonchev–Trinajstić information content (AvgIpc) is 2.33. The van der Waals surface area contributed by atoms with Crippen LogP contribution in [0.1, 0.15) is 25.0 Å². The number of nitrogens with one attached hydrogen (secondary N) is 1. The highest BCUT2D eigenvalue weighted by molar-refractivity contribution is 5.06. The molecule has 66 valence electrons. The standard InChI is InChI=1S/C10H16N2/c1-12-7-3-6-10(12)8-11-9-4-2-5-9/h3,6-7,9,11H,2,4-5,8H2,1H3. The van der Waals surface area contributed by atoms with E-state index < -0.39 is 0 Å². The summed E-state index contributed by atoms with van der Waals surface area (Å²) in [7, 11) is 2.10. The Morgan fingerprint density at radius 1 is 1.58 bits per heavy atom. The molecule has 0 amide bonds. The van der Waals surface area contributed by atoms with Crippen LogP contribution in [0.2, 0.25) is 0 Å². The molecule has 0 aliphatic heterocycles. The Kier molecular flexibility index (Phi) is 2.17. The molecule has 1 aliphatic carbocycles. The minimum Gasteiger partial charge on any atom is -0.353 e. The van der Waals surface area contributed by atoms with Crippen LogP contribution in [0.4, 0.5) is 0 Å². The number of aryl methyl sites for hydroxylation is 1. The van der Waals surface area contributed by atoms with Crippen LogP contribution in [-0.4, -0.2) is 10.6 Å². The molecule has 2 nitrogen and oxygen atoms in total. The molecule has 2 heteroatoms. The minimum atomic E-state index is 0.792. The maximum Gasteiger partial charge on any atom is 0.0361 e. The lowest BCUT2D eigenvalue weighted by atomic mass is 9.93. The molecule has 1 fully saturated rings. The number of rotatable bonds is 3. The second-order valence-corrected chi connectivity index (χ2v) is 3.62. The van der Waals surface area contributed by atoms with E-state index in [1.165, 1.54) is 25.0 Å². The van der Waals surface area contributed by atoms with Crippen LogP contribution in [0.25, 0.3) is 0 Å². The molecular formula is C10H16N2. The third-order valence-corrected chi connectivity index (χ3v) is 2.73. The SMILES string of the molecule is Cn1cccc1CNC1CCC1. The van der Waals surface area contributed by atoms with Crippen molar-refractivity contribution in [1.29, 1.82) is 0 Å². The van der Waals surface area contributed by atoms with E-state index in [-0.39, 0.29) is 0 Å². The molecule has 2 rings (SSSR count). The molecule has 1 aliphatic rings. The average molecular weight is 164 g/mol. The van der Waals surface area contributed by atoms with E-state index in [1.54, 1.807) is 0 Å². The number of nitrogens with zero attached hydrogens (tertiary/aromatic N) is 1. The molecule has 0 bridgehead atoms. The fourth-order valence-electron chi connectivity index (χ4n) is 1.54. The Balaban J connectivity index is 1.82. The topological polar surface area (TPSA) is 17.0 Å². The zero-order valence-electron chi connectivity index (χ0n) is 7.59. The molecule has 0 atom stereocenters. The zero-order chi connectivity index (χ0) is 8.39. The Labute approximate surface area is 73.6 Å².